The molecule has 2 fully saturated rings. The van der Waals surface area contributed by atoms with E-state index >= 15 is 0 Å². The van der Waals surface area contributed by atoms with E-state index in [9.17, 15) is 5.26 Å². The lowest BCUT2D eigenvalue weighted by molar-refractivity contribution is 0.0254. The number of anilines is 1. The minimum absolute atomic E-state index is 0.0826. The highest BCUT2D eigenvalue weighted by molar-refractivity contribution is 5.64. The maximum atomic E-state index is 9.70. The molecule has 2 aliphatic rings. The van der Waals surface area contributed by atoms with E-state index in [2.05, 4.69) is 27.0 Å². The summed E-state index contributed by atoms with van der Waals surface area (Å²) in [6, 6.07) is 11.9. The largest absolute Gasteiger partial charge is 0.489 e. The average Bonchev–Trinajstić information content (AvgIpc) is 2.90. The number of hydrogen-bond donors (Lipinski definition) is 0. The van der Waals surface area contributed by atoms with Crippen molar-refractivity contribution < 1.29 is 14.2 Å². The number of benzene rings is 1. The quantitative estimate of drug-likeness (QED) is 0.556. The fourth-order valence-corrected chi connectivity index (χ4v) is 4.25. The van der Waals surface area contributed by atoms with Gasteiger partial charge in [-0.2, -0.15) is 5.26 Å². The molecule has 0 radical (unpaired) electrons. The predicted molar refractivity (Wildman–Crippen MR) is 127 cm³/mol. The van der Waals surface area contributed by atoms with Crippen molar-refractivity contribution in [1.29, 1.82) is 5.26 Å². The van der Waals surface area contributed by atoms with Crippen LogP contribution in [0.4, 0.5) is 5.69 Å². The molecule has 8 nitrogen and oxygen atoms in total. The van der Waals surface area contributed by atoms with Gasteiger partial charge in [-0.15, -0.1) is 0 Å². The molecular formula is C26H27N5O3. The molecule has 3 aromatic rings. The summed E-state index contributed by atoms with van der Waals surface area (Å²) in [6.07, 6.45) is 7.84. The molecule has 8 heteroatoms. The maximum Gasteiger partial charge on any atom is 0.137 e. The highest BCUT2D eigenvalue weighted by atomic mass is 16.5. The molecule has 0 amide bonds. The summed E-state index contributed by atoms with van der Waals surface area (Å²) in [5, 5.41) is 9.70. The Morgan fingerprint density at radius 2 is 1.85 bits per heavy atom. The number of ether oxygens (including phenoxy) is 3. The Morgan fingerprint density at radius 3 is 2.68 bits per heavy atom. The minimum atomic E-state index is 0.0826. The van der Waals surface area contributed by atoms with Gasteiger partial charge in [0.1, 0.15) is 23.7 Å². The van der Waals surface area contributed by atoms with Gasteiger partial charge >= 0.3 is 0 Å². The average molecular weight is 458 g/mol. The maximum absolute atomic E-state index is 9.70. The first kappa shape index (κ1) is 22.3. The normalized spacial score (nSPS) is 16.7. The van der Waals surface area contributed by atoms with E-state index in [4.69, 9.17) is 19.2 Å². The van der Waals surface area contributed by atoms with Crippen LogP contribution < -0.4 is 9.64 Å². The van der Waals surface area contributed by atoms with Crippen LogP contribution in [-0.4, -0.2) is 60.6 Å². The molecule has 0 unspecified atom stereocenters. The number of morpholine rings is 1. The summed E-state index contributed by atoms with van der Waals surface area (Å²) in [7, 11) is 0. The fraction of sp³-hybridized carbons (Fsp3) is 0.385. The van der Waals surface area contributed by atoms with Gasteiger partial charge in [-0.3, -0.25) is 4.98 Å². The minimum Gasteiger partial charge on any atom is -0.489 e. The number of nitriles is 1. The van der Waals surface area contributed by atoms with Gasteiger partial charge in [0.25, 0.3) is 0 Å². The number of rotatable bonds is 6. The Kier molecular flexibility index (Phi) is 6.94. The summed E-state index contributed by atoms with van der Waals surface area (Å²) >= 11 is 0. The molecule has 5 rings (SSSR count). The topological polar surface area (TPSA) is 93.4 Å². The molecule has 0 atom stereocenters. The van der Waals surface area contributed by atoms with E-state index in [0.717, 1.165) is 61.7 Å². The lowest BCUT2D eigenvalue weighted by Crippen LogP contribution is -2.36. The summed E-state index contributed by atoms with van der Waals surface area (Å²) in [6.45, 7) is 4.59. The lowest BCUT2D eigenvalue weighted by atomic mass is 10.1. The third-order valence-electron chi connectivity index (χ3n) is 6.08. The second-order valence-corrected chi connectivity index (χ2v) is 8.44. The van der Waals surface area contributed by atoms with E-state index in [-0.39, 0.29) is 6.10 Å². The zero-order valence-corrected chi connectivity index (χ0v) is 19.0. The van der Waals surface area contributed by atoms with Crippen LogP contribution in [0.15, 0.2) is 48.9 Å². The van der Waals surface area contributed by atoms with Crippen molar-refractivity contribution in [1.82, 2.24) is 15.0 Å². The first-order chi connectivity index (χ1) is 16.8. The first-order valence-electron chi connectivity index (χ1n) is 11.7. The van der Waals surface area contributed by atoms with Crippen molar-refractivity contribution >= 4 is 5.69 Å². The van der Waals surface area contributed by atoms with Gasteiger partial charge in [-0.05, 0) is 35.9 Å². The summed E-state index contributed by atoms with van der Waals surface area (Å²) in [5.41, 5.74) is 4.29. The Balaban J connectivity index is 1.32. The zero-order valence-electron chi connectivity index (χ0n) is 19.0. The Hall–Kier alpha value is -3.54. The van der Waals surface area contributed by atoms with E-state index in [0.29, 0.717) is 36.8 Å². The number of aromatic nitrogens is 3. The number of hydrogen-bond acceptors (Lipinski definition) is 8. The predicted octanol–water partition coefficient (Wildman–Crippen LogP) is 3.40. The smallest absolute Gasteiger partial charge is 0.137 e. The summed E-state index contributed by atoms with van der Waals surface area (Å²) < 4.78 is 16.9. The van der Waals surface area contributed by atoms with Crippen LogP contribution in [-0.2, 0) is 15.9 Å². The molecule has 1 aromatic carbocycles. The van der Waals surface area contributed by atoms with Crippen molar-refractivity contribution in [2.45, 2.75) is 25.4 Å². The van der Waals surface area contributed by atoms with Gasteiger partial charge in [-0.25, -0.2) is 9.97 Å². The van der Waals surface area contributed by atoms with Crippen molar-refractivity contribution in [3.63, 3.8) is 0 Å². The Bertz CT molecular complexity index is 1170. The van der Waals surface area contributed by atoms with Crippen LogP contribution in [0.3, 0.4) is 0 Å². The van der Waals surface area contributed by atoms with Gasteiger partial charge in [0.2, 0.25) is 0 Å². The van der Waals surface area contributed by atoms with Crippen molar-refractivity contribution in [2.75, 3.05) is 44.4 Å². The van der Waals surface area contributed by atoms with E-state index in [1.807, 2.05) is 36.7 Å². The zero-order chi connectivity index (χ0) is 23.2. The van der Waals surface area contributed by atoms with Gasteiger partial charge in [-0.1, -0.05) is 0 Å². The molecule has 0 N–H and O–H groups in total. The van der Waals surface area contributed by atoms with Crippen molar-refractivity contribution in [2.24, 2.45) is 0 Å². The highest BCUT2D eigenvalue weighted by Gasteiger charge is 2.18. The molecule has 0 bridgehead atoms. The summed E-state index contributed by atoms with van der Waals surface area (Å²) in [4.78, 5) is 15.9. The first-order valence-corrected chi connectivity index (χ1v) is 11.7. The van der Waals surface area contributed by atoms with Crippen LogP contribution in [0.1, 0.15) is 29.8 Å². The van der Waals surface area contributed by atoms with E-state index < -0.39 is 0 Å². The van der Waals surface area contributed by atoms with Crippen LogP contribution in [0.2, 0.25) is 0 Å². The molecule has 2 saturated heterocycles. The lowest BCUT2D eigenvalue weighted by Gasteiger charge is -2.28. The standard InChI is InChI=1S/C26H27N5O3/c27-16-21-15-20(1-2-25(21)34-23-4-9-32-10-5-23)24-3-6-29-26(30-24)14-19-13-22(18-28-17-19)31-7-11-33-12-8-31/h1-3,6,13,15,17-18,23H,4-5,7-12,14H2. The van der Waals surface area contributed by atoms with Crippen LogP contribution in [0.5, 0.6) is 5.75 Å². The molecule has 0 aliphatic carbocycles. The second-order valence-electron chi connectivity index (χ2n) is 8.44. The van der Waals surface area contributed by atoms with Gasteiger partial charge in [0.15, 0.2) is 0 Å². The molecule has 174 valence electrons. The van der Waals surface area contributed by atoms with Crippen LogP contribution in [0, 0.1) is 11.3 Å². The molecular weight excluding hydrogens is 430 g/mol. The van der Waals surface area contributed by atoms with Crippen LogP contribution in [0.25, 0.3) is 11.3 Å². The third kappa shape index (κ3) is 5.33. The molecule has 0 spiro atoms. The third-order valence-corrected chi connectivity index (χ3v) is 6.08. The molecule has 0 saturated carbocycles. The monoisotopic (exact) mass is 457 g/mol. The molecule has 34 heavy (non-hydrogen) atoms. The van der Waals surface area contributed by atoms with E-state index in [1.165, 1.54) is 0 Å². The van der Waals surface area contributed by atoms with Gasteiger partial charge < -0.3 is 19.1 Å². The molecule has 2 aliphatic heterocycles. The Labute approximate surface area is 199 Å². The molecule has 4 heterocycles. The number of nitrogens with zero attached hydrogens (tertiary/aromatic N) is 5. The van der Waals surface area contributed by atoms with Crippen molar-refractivity contribution in [3.8, 4) is 23.1 Å². The highest BCUT2D eigenvalue weighted by Crippen LogP contribution is 2.28. The SMILES string of the molecule is N#Cc1cc(-c2ccnc(Cc3cncc(N4CCOCC4)c3)n2)ccc1OC1CCOCC1. The summed E-state index contributed by atoms with van der Waals surface area (Å²) in [5.74, 6) is 1.32. The second kappa shape index (κ2) is 10.6. The van der Waals surface area contributed by atoms with Gasteiger partial charge in [0.05, 0.1) is 49.6 Å². The van der Waals surface area contributed by atoms with Crippen molar-refractivity contribution in [3.05, 3.63) is 65.9 Å². The van der Waals surface area contributed by atoms with E-state index in [1.54, 1.807) is 6.20 Å². The van der Waals surface area contributed by atoms with Gasteiger partial charge in [0, 0.05) is 50.3 Å². The van der Waals surface area contributed by atoms with Crippen LogP contribution >= 0.6 is 0 Å². The number of pyridine rings is 1. The fourth-order valence-electron chi connectivity index (χ4n) is 4.25. The molecule has 2 aromatic heterocycles. The Morgan fingerprint density at radius 1 is 1.03 bits per heavy atom.